The minimum atomic E-state index is -4.99. The van der Waals surface area contributed by atoms with E-state index in [0.717, 1.165) is 61.7 Å². The Kier molecular flexibility index (Phi) is 7.73. The number of carbonyl (C=O) groups is 1. The van der Waals surface area contributed by atoms with Crippen molar-refractivity contribution in [2.75, 3.05) is 19.8 Å². The van der Waals surface area contributed by atoms with E-state index in [-0.39, 0.29) is 6.03 Å². The first-order chi connectivity index (χ1) is 16.7. The molecule has 0 bridgehead atoms. The normalized spacial score (nSPS) is 17.6. The molecule has 2 amide bonds. The summed E-state index contributed by atoms with van der Waals surface area (Å²) < 4.78 is 60.5. The summed E-state index contributed by atoms with van der Waals surface area (Å²) in [7, 11) is 0. The Bertz CT molecular complexity index is 1040. The first kappa shape index (κ1) is 25.2. The summed E-state index contributed by atoms with van der Waals surface area (Å²) in [6.45, 7) is 4.11. The van der Waals surface area contributed by atoms with Crippen molar-refractivity contribution in [2.24, 2.45) is 5.92 Å². The molecule has 1 aromatic heterocycles. The number of halogens is 4. The number of aromatic nitrogens is 2. The highest BCUT2D eigenvalue weighted by Crippen LogP contribution is 2.29. The average Bonchev–Trinajstić information content (AvgIpc) is 2.83. The van der Waals surface area contributed by atoms with Crippen LogP contribution in [-0.2, 0) is 24.1 Å². The van der Waals surface area contributed by atoms with Crippen LogP contribution in [0.3, 0.4) is 0 Å². The lowest BCUT2D eigenvalue weighted by Crippen LogP contribution is -2.44. The van der Waals surface area contributed by atoms with Gasteiger partial charge in [-0.05, 0) is 54.9 Å². The summed E-state index contributed by atoms with van der Waals surface area (Å²) >= 11 is 0. The van der Waals surface area contributed by atoms with E-state index in [9.17, 15) is 22.4 Å². The number of carbonyl (C=O) groups excluding carboxylic acids is 1. The number of fused-ring (bicyclic) bond motifs is 1. The summed E-state index contributed by atoms with van der Waals surface area (Å²) in [4.78, 5) is 23.8. The van der Waals surface area contributed by atoms with Crippen molar-refractivity contribution in [3.8, 4) is 5.75 Å². The molecule has 1 aromatic carbocycles. The lowest BCUT2D eigenvalue weighted by molar-refractivity contribution is -0.275. The number of ether oxygens (including phenoxy) is 2. The van der Waals surface area contributed by atoms with Gasteiger partial charge in [0.2, 0.25) is 0 Å². The molecule has 0 aliphatic carbocycles. The molecule has 0 spiro atoms. The SMILES string of the molecule is CC[C@@H](NC(=O)N1CCc2cnc(CC3CCOCC3)nc2C1)c1ccc(OC(F)(F)F)c(F)c1. The fourth-order valence-corrected chi connectivity index (χ4v) is 4.43. The number of alkyl halides is 3. The van der Waals surface area contributed by atoms with Gasteiger partial charge in [0.15, 0.2) is 11.6 Å². The van der Waals surface area contributed by atoms with Gasteiger partial charge in [-0.15, -0.1) is 13.2 Å². The van der Waals surface area contributed by atoms with Crippen LogP contribution in [0.4, 0.5) is 22.4 Å². The van der Waals surface area contributed by atoms with Crippen LogP contribution in [0.25, 0.3) is 0 Å². The van der Waals surface area contributed by atoms with Crippen LogP contribution in [0.5, 0.6) is 5.75 Å². The molecule has 7 nitrogen and oxygen atoms in total. The number of nitrogens with zero attached hydrogens (tertiary/aromatic N) is 3. The second kappa shape index (κ2) is 10.8. The molecule has 0 unspecified atom stereocenters. The van der Waals surface area contributed by atoms with Crippen LogP contribution >= 0.6 is 0 Å². The maximum atomic E-state index is 14.2. The lowest BCUT2D eigenvalue weighted by atomic mass is 9.96. The largest absolute Gasteiger partial charge is 0.573 e. The monoisotopic (exact) mass is 496 g/mol. The molecule has 11 heteroatoms. The van der Waals surface area contributed by atoms with Gasteiger partial charge in [0, 0.05) is 32.4 Å². The van der Waals surface area contributed by atoms with Gasteiger partial charge in [-0.1, -0.05) is 13.0 Å². The van der Waals surface area contributed by atoms with Crippen LogP contribution in [-0.4, -0.2) is 47.0 Å². The summed E-state index contributed by atoms with van der Waals surface area (Å²) in [6.07, 6.45) is 0.643. The van der Waals surface area contributed by atoms with Crippen molar-refractivity contribution in [2.45, 2.75) is 58.0 Å². The number of rotatable bonds is 6. The molecule has 3 heterocycles. The van der Waals surface area contributed by atoms with E-state index in [1.54, 1.807) is 11.8 Å². The predicted octanol–water partition coefficient (Wildman–Crippen LogP) is 4.70. The summed E-state index contributed by atoms with van der Waals surface area (Å²) in [5.74, 6) is -0.802. The van der Waals surface area contributed by atoms with Gasteiger partial charge in [0.1, 0.15) is 5.82 Å². The Morgan fingerprint density at radius 3 is 2.77 bits per heavy atom. The number of benzene rings is 1. The molecular formula is C24H28F4N4O3. The van der Waals surface area contributed by atoms with Crippen LogP contribution in [0.15, 0.2) is 24.4 Å². The van der Waals surface area contributed by atoms with Crippen molar-refractivity contribution in [1.29, 1.82) is 0 Å². The number of hydrogen-bond acceptors (Lipinski definition) is 5. The standard InChI is InChI=1S/C24H28F4N4O3/c1-2-19(16-3-4-21(18(25)12-16)35-24(26,27)28)31-23(33)32-8-5-17-13-29-22(30-20(17)14-32)11-15-6-9-34-10-7-15/h3-4,12-13,15,19H,2,5-11,14H2,1H3,(H,31,33)/t19-/m1/s1. The van der Waals surface area contributed by atoms with E-state index in [4.69, 9.17) is 9.72 Å². The van der Waals surface area contributed by atoms with E-state index in [1.165, 1.54) is 6.07 Å². The Labute approximate surface area is 200 Å². The molecule has 4 rings (SSSR count). The van der Waals surface area contributed by atoms with E-state index in [1.807, 2.05) is 6.20 Å². The van der Waals surface area contributed by atoms with Crippen LogP contribution < -0.4 is 10.1 Å². The quantitative estimate of drug-likeness (QED) is 0.587. The third kappa shape index (κ3) is 6.59. The zero-order valence-electron chi connectivity index (χ0n) is 19.4. The number of amides is 2. The molecule has 35 heavy (non-hydrogen) atoms. The van der Waals surface area contributed by atoms with E-state index in [2.05, 4.69) is 15.0 Å². The highest BCUT2D eigenvalue weighted by atomic mass is 19.4. The van der Waals surface area contributed by atoms with E-state index >= 15 is 0 Å². The highest BCUT2D eigenvalue weighted by molar-refractivity contribution is 5.75. The first-order valence-electron chi connectivity index (χ1n) is 11.7. The molecule has 0 saturated carbocycles. The first-order valence-corrected chi connectivity index (χ1v) is 11.7. The van der Waals surface area contributed by atoms with Crippen molar-refractivity contribution < 1.29 is 31.8 Å². The molecule has 2 aromatic rings. The molecule has 1 fully saturated rings. The minimum absolute atomic E-state index is 0.327. The second-order valence-electron chi connectivity index (χ2n) is 8.84. The lowest BCUT2D eigenvalue weighted by Gasteiger charge is -2.30. The van der Waals surface area contributed by atoms with Gasteiger partial charge >= 0.3 is 12.4 Å². The molecule has 1 saturated heterocycles. The van der Waals surface area contributed by atoms with Gasteiger partial charge in [-0.3, -0.25) is 0 Å². The number of nitrogens with one attached hydrogen (secondary N) is 1. The summed E-state index contributed by atoms with van der Waals surface area (Å²) in [5.41, 5.74) is 2.18. The van der Waals surface area contributed by atoms with E-state index < -0.39 is 24.0 Å². The van der Waals surface area contributed by atoms with Crippen molar-refractivity contribution in [3.05, 3.63) is 52.9 Å². The van der Waals surface area contributed by atoms with Gasteiger partial charge in [0.25, 0.3) is 0 Å². The molecule has 2 aliphatic rings. The highest BCUT2D eigenvalue weighted by Gasteiger charge is 2.32. The minimum Gasteiger partial charge on any atom is -0.403 e. The zero-order valence-corrected chi connectivity index (χ0v) is 19.4. The fraction of sp³-hybridized carbons (Fsp3) is 0.542. The zero-order chi connectivity index (χ0) is 25.0. The van der Waals surface area contributed by atoms with Crippen molar-refractivity contribution in [3.63, 3.8) is 0 Å². The Morgan fingerprint density at radius 2 is 2.09 bits per heavy atom. The third-order valence-corrected chi connectivity index (χ3v) is 6.39. The Hall–Kier alpha value is -2.95. The summed E-state index contributed by atoms with van der Waals surface area (Å²) in [5, 5.41) is 2.86. The van der Waals surface area contributed by atoms with Crippen molar-refractivity contribution in [1.82, 2.24) is 20.2 Å². The molecule has 190 valence electrons. The van der Waals surface area contributed by atoms with Crippen LogP contribution in [0.1, 0.15) is 54.9 Å². The maximum Gasteiger partial charge on any atom is 0.573 e. The molecular weight excluding hydrogens is 468 g/mol. The van der Waals surface area contributed by atoms with E-state index in [0.29, 0.717) is 37.4 Å². The maximum absolute atomic E-state index is 14.2. The Morgan fingerprint density at radius 1 is 1.31 bits per heavy atom. The molecule has 2 aliphatic heterocycles. The smallest absolute Gasteiger partial charge is 0.403 e. The third-order valence-electron chi connectivity index (χ3n) is 6.39. The molecule has 1 N–H and O–H groups in total. The topological polar surface area (TPSA) is 76.6 Å². The van der Waals surface area contributed by atoms with Gasteiger partial charge < -0.3 is 19.7 Å². The van der Waals surface area contributed by atoms with Gasteiger partial charge in [-0.25, -0.2) is 19.2 Å². The van der Waals surface area contributed by atoms with Crippen LogP contribution in [0, 0.1) is 11.7 Å². The number of hydrogen-bond donors (Lipinski definition) is 1. The molecule has 1 atom stereocenters. The van der Waals surface area contributed by atoms with Crippen LogP contribution in [0.2, 0.25) is 0 Å². The second-order valence-corrected chi connectivity index (χ2v) is 8.84. The molecule has 0 radical (unpaired) electrons. The van der Waals surface area contributed by atoms with Gasteiger partial charge in [0.05, 0.1) is 18.3 Å². The summed E-state index contributed by atoms with van der Waals surface area (Å²) in [6, 6.07) is 2.27. The Balaban J connectivity index is 1.40. The predicted molar refractivity (Wildman–Crippen MR) is 118 cm³/mol. The van der Waals surface area contributed by atoms with Gasteiger partial charge in [-0.2, -0.15) is 0 Å². The van der Waals surface area contributed by atoms with Crippen molar-refractivity contribution >= 4 is 6.03 Å². The average molecular weight is 497 g/mol. The fourth-order valence-electron chi connectivity index (χ4n) is 4.43. The number of urea groups is 1.